The number of para-hydroxylation sites is 2. The normalized spacial score (nSPS) is 15.4. The highest BCUT2D eigenvalue weighted by Crippen LogP contribution is 2.22. The first kappa shape index (κ1) is 14.3. The lowest BCUT2D eigenvalue weighted by atomic mass is 9.97. The van der Waals surface area contributed by atoms with E-state index in [9.17, 15) is 9.59 Å². The fraction of sp³-hybridized carbons (Fsp3) is 0.429. The molecule has 0 atom stereocenters. The molecule has 2 rings (SSSR count). The summed E-state index contributed by atoms with van der Waals surface area (Å²) in [6.45, 7) is 1.62. The fourth-order valence-electron chi connectivity index (χ4n) is 2.20. The Kier molecular flexibility index (Phi) is 4.95. The number of amides is 3. The molecule has 0 radical (unpaired) electrons. The standard InChI is InChI=1S/C14H19N3O3/c1-20-12-5-3-2-4-11(12)16-14(19)17-13(18)10-6-8-15-9-7-10/h2-5,10,15H,6-9H2,1H3,(H2,16,17,18,19). The maximum atomic E-state index is 11.9. The second kappa shape index (κ2) is 6.91. The Balaban J connectivity index is 1.90. The van der Waals surface area contributed by atoms with Crippen molar-refractivity contribution < 1.29 is 14.3 Å². The SMILES string of the molecule is COc1ccccc1NC(=O)NC(=O)C1CCNCC1. The quantitative estimate of drug-likeness (QED) is 0.779. The number of methoxy groups -OCH3 is 1. The van der Waals surface area contributed by atoms with Gasteiger partial charge in [-0.15, -0.1) is 0 Å². The molecule has 1 aromatic rings. The van der Waals surface area contributed by atoms with Crippen molar-refractivity contribution in [2.24, 2.45) is 5.92 Å². The molecule has 1 aliphatic rings. The molecule has 1 heterocycles. The van der Waals surface area contributed by atoms with Crippen molar-refractivity contribution in [1.82, 2.24) is 10.6 Å². The third-order valence-electron chi connectivity index (χ3n) is 3.30. The second-order valence-electron chi connectivity index (χ2n) is 4.67. The van der Waals surface area contributed by atoms with Gasteiger partial charge >= 0.3 is 6.03 Å². The zero-order chi connectivity index (χ0) is 14.4. The Morgan fingerprint density at radius 3 is 2.65 bits per heavy atom. The number of rotatable bonds is 3. The number of hydrogen-bond donors (Lipinski definition) is 3. The second-order valence-corrected chi connectivity index (χ2v) is 4.67. The summed E-state index contributed by atoms with van der Waals surface area (Å²) < 4.78 is 5.13. The maximum Gasteiger partial charge on any atom is 0.325 e. The van der Waals surface area contributed by atoms with Gasteiger partial charge in [-0.1, -0.05) is 12.1 Å². The number of benzene rings is 1. The zero-order valence-corrected chi connectivity index (χ0v) is 11.4. The summed E-state index contributed by atoms with van der Waals surface area (Å²) in [6.07, 6.45) is 1.52. The third-order valence-corrected chi connectivity index (χ3v) is 3.30. The van der Waals surface area contributed by atoms with Crippen molar-refractivity contribution >= 4 is 17.6 Å². The summed E-state index contributed by atoms with van der Waals surface area (Å²) in [4.78, 5) is 23.7. The van der Waals surface area contributed by atoms with Crippen molar-refractivity contribution in [3.05, 3.63) is 24.3 Å². The topological polar surface area (TPSA) is 79.5 Å². The van der Waals surface area contributed by atoms with Crippen molar-refractivity contribution in [1.29, 1.82) is 0 Å². The highest BCUT2D eigenvalue weighted by Gasteiger charge is 2.22. The number of hydrogen-bond acceptors (Lipinski definition) is 4. The number of piperidine rings is 1. The number of carbonyl (C=O) groups excluding carboxylic acids is 2. The molecule has 1 aromatic carbocycles. The van der Waals surface area contributed by atoms with Crippen LogP contribution in [0.4, 0.5) is 10.5 Å². The van der Waals surface area contributed by atoms with Gasteiger partial charge in [-0.05, 0) is 38.1 Å². The lowest BCUT2D eigenvalue weighted by Crippen LogP contribution is -2.42. The zero-order valence-electron chi connectivity index (χ0n) is 11.4. The molecule has 20 heavy (non-hydrogen) atoms. The van der Waals surface area contributed by atoms with Gasteiger partial charge in [0.2, 0.25) is 5.91 Å². The summed E-state index contributed by atoms with van der Waals surface area (Å²) in [5.41, 5.74) is 0.533. The van der Waals surface area contributed by atoms with Gasteiger partial charge < -0.3 is 15.4 Å². The Morgan fingerprint density at radius 1 is 1.25 bits per heavy atom. The lowest BCUT2D eigenvalue weighted by molar-refractivity contribution is -0.124. The van der Waals surface area contributed by atoms with E-state index in [0.717, 1.165) is 25.9 Å². The van der Waals surface area contributed by atoms with E-state index in [2.05, 4.69) is 16.0 Å². The van der Waals surface area contributed by atoms with E-state index < -0.39 is 6.03 Å². The van der Waals surface area contributed by atoms with Gasteiger partial charge in [0.05, 0.1) is 12.8 Å². The minimum absolute atomic E-state index is 0.0975. The molecule has 108 valence electrons. The molecule has 1 saturated heterocycles. The summed E-state index contributed by atoms with van der Waals surface area (Å²) in [7, 11) is 1.53. The van der Waals surface area contributed by atoms with Crippen LogP contribution in [-0.4, -0.2) is 32.1 Å². The van der Waals surface area contributed by atoms with Crippen LogP contribution in [0.15, 0.2) is 24.3 Å². The number of imide groups is 1. The molecule has 6 heteroatoms. The molecule has 6 nitrogen and oxygen atoms in total. The number of anilines is 1. The Labute approximate surface area is 117 Å². The Morgan fingerprint density at radius 2 is 1.95 bits per heavy atom. The van der Waals surface area contributed by atoms with Crippen molar-refractivity contribution in [2.45, 2.75) is 12.8 Å². The van der Waals surface area contributed by atoms with E-state index in [-0.39, 0.29) is 11.8 Å². The predicted molar refractivity (Wildman–Crippen MR) is 75.7 cm³/mol. The molecule has 3 amide bonds. The van der Waals surface area contributed by atoms with Gasteiger partial charge in [0.1, 0.15) is 5.75 Å². The van der Waals surface area contributed by atoms with Gasteiger partial charge in [0.15, 0.2) is 0 Å². The predicted octanol–water partition coefficient (Wildman–Crippen LogP) is 1.34. The van der Waals surface area contributed by atoms with E-state index in [4.69, 9.17) is 4.74 Å². The van der Waals surface area contributed by atoms with Crippen LogP contribution in [0, 0.1) is 5.92 Å². The number of ether oxygens (including phenoxy) is 1. The molecule has 1 aliphatic heterocycles. The summed E-state index contributed by atoms with van der Waals surface area (Å²) in [5.74, 6) is 0.232. The van der Waals surface area contributed by atoms with Crippen LogP contribution in [0.3, 0.4) is 0 Å². The van der Waals surface area contributed by atoms with Crippen molar-refractivity contribution in [3.63, 3.8) is 0 Å². The summed E-state index contributed by atoms with van der Waals surface area (Å²) in [5, 5.41) is 8.18. The maximum absolute atomic E-state index is 11.9. The average molecular weight is 277 g/mol. The molecule has 1 fully saturated rings. The van der Waals surface area contributed by atoms with E-state index >= 15 is 0 Å². The van der Waals surface area contributed by atoms with E-state index in [0.29, 0.717) is 11.4 Å². The number of nitrogens with one attached hydrogen (secondary N) is 3. The smallest absolute Gasteiger partial charge is 0.325 e. The first-order valence-corrected chi connectivity index (χ1v) is 6.66. The fourth-order valence-corrected chi connectivity index (χ4v) is 2.20. The van der Waals surface area contributed by atoms with Crippen LogP contribution in [0.25, 0.3) is 0 Å². The highest BCUT2D eigenvalue weighted by molar-refractivity contribution is 6.02. The molecule has 3 N–H and O–H groups in total. The Hall–Kier alpha value is -2.08. The minimum atomic E-state index is -0.530. The van der Waals surface area contributed by atoms with Gasteiger partial charge in [-0.2, -0.15) is 0 Å². The first-order chi connectivity index (χ1) is 9.70. The summed E-state index contributed by atoms with van der Waals surface area (Å²) in [6, 6.07) is 6.52. The minimum Gasteiger partial charge on any atom is -0.495 e. The molecule has 0 bridgehead atoms. The van der Waals surface area contributed by atoms with Gasteiger partial charge in [-0.25, -0.2) is 4.79 Å². The molecule has 0 aliphatic carbocycles. The van der Waals surface area contributed by atoms with Crippen molar-refractivity contribution in [2.75, 3.05) is 25.5 Å². The van der Waals surface area contributed by atoms with Crippen molar-refractivity contribution in [3.8, 4) is 5.75 Å². The molecule has 0 saturated carbocycles. The van der Waals surface area contributed by atoms with Crippen LogP contribution < -0.4 is 20.7 Å². The molecule has 0 unspecified atom stereocenters. The monoisotopic (exact) mass is 277 g/mol. The van der Waals surface area contributed by atoms with Gasteiger partial charge in [-0.3, -0.25) is 10.1 Å². The van der Waals surface area contributed by atoms with Crippen LogP contribution in [0.5, 0.6) is 5.75 Å². The average Bonchev–Trinajstić information content (AvgIpc) is 2.48. The summed E-state index contributed by atoms with van der Waals surface area (Å²) >= 11 is 0. The van der Waals surface area contributed by atoms with E-state index in [1.54, 1.807) is 18.2 Å². The van der Waals surface area contributed by atoms with Crippen LogP contribution in [-0.2, 0) is 4.79 Å². The lowest BCUT2D eigenvalue weighted by Gasteiger charge is -2.21. The first-order valence-electron chi connectivity index (χ1n) is 6.66. The number of urea groups is 1. The van der Waals surface area contributed by atoms with Crippen LogP contribution in [0.2, 0.25) is 0 Å². The molecular formula is C14H19N3O3. The molecule has 0 aromatic heterocycles. The number of carbonyl (C=O) groups is 2. The highest BCUT2D eigenvalue weighted by atomic mass is 16.5. The molecule has 0 spiro atoms. The largest absolute Gasteiger partial charge is 0.495 e. The van der Waals surface area contributed by atoms with Gasteiger partial charge in [0.25, 0.3) is 0 Å². The Bertz CT molecular complexity index is 484. The molecular weight excluding hydrogens is 258 g/mol. The third kappa shape index (κ3) is 3.71. The van der Waals surface area contributed by atoms with Crippen LogP contribution in [0.1, 0.15) is 12.8 Å². The van der Waals surface area contributed by atoms with Gasteiger partial charge in [0, 0.05) is 5.92 Å². The van der Waals surface area contributed by atoms with E-state index in [1.807, 2.05) is 6.07 Å². The van der Waals surface area contributed by atoms with Crippen LogP contribution >= 0.6 is 0 Å². The van der Waals surface area contributed by atoms with E-state index in [1.165, 1.54) is 7.11 Å².